The molecule has 0 amide bonds. The topological polar surface area (TPSA) is 37.3 Å². The quantitative estimate of drug-likeness (QED) is 0.375. The summed E-state index contributed by atoms with van der Waals surface area (Å²) in [6.45, 7) is 0. The van der Waals surface area contributed by atoms with Gasteiger partial charge in [0.25, 0.3) is 0 Å². The second-order valence-electron chi connectivity index (χ2n) is 2.94. The summed E-state index contributed by atoms with van der Waals surface area (Å²) in [6.07, 6.45) is 9.31. The van der Waals surface area contributed by atoms with E-state index in [-0.39, 0.29) is 0 Å². The smallest absolute Gasteiger partial charge is 0.303 e. The van der Waals surface area contributed by atoms with E-state index in [4.69, 9.17) is 16.7 Å². The van der Waals surface area contributed by atoms with Crippen molar-refractivity contribution >= 4 is 17.6 Å². The highest BCUT2D eigenvalue weighted by Crippen LogP contribution is 2.03. The van der Waals surface area contributed by atoms with Gasteiger partial charge in [-0.1, -0.05) is 18.6 Å². The van der Waals surface area contributed by atoms with Gasteiger partial charge in [0.15, 0.2) is 0 Å². The number of allylic oxidation sites excluding steroid dienone is 2. The van der Waals surface area contributed by atoms with Crippen molar-refractivity contribution in [3.63, 3.8) is 0 Å². The first-order valence-electron chi connectivity index (χ1n) is 4.70. The summed E-state index contributed by atoms with van der Waals surface area (Å²) >= 11 is 5.48. The highest BCUT2D eigenvalue weighted by molar-refractivity contribution is 6.17. The molecule has 0 rings (SSSR count). The van der Waals surface area contributed by atoms with E-state index in [1.54, 1.807) is 0 Å². The van der Waals surface area contributed by atoms with Crippen LogP contribution in [-0.4, -0.2) is 17.0 Å². The zero-order chi connectivity index (χ0) is 9.94. The number of hydrogen-bond donors (Lipinski definition) is 1. The first-order valence-corrected chi connectivity index (χ1v) is 5.23. The van der Waals surface area contributed by atoms with E-state index < -0.39 is 5.97 Å². The molecule has 2 nitrogen and oxygen atoms in total. The summed E-state index contributed by atoms with van der Waals surface area (Å²) in [4.78, 5) is 10.1. The lowest BCUT2D eigenvalue weighted by Crippen LogP contribution is -1.93. The average Bonchev–Trinajstić information content (AvgIpc) is 2.09. The fraction of sp³-hybridized carbons (Fsp3) is 0.700. The number of carboxylic acid groups (broad SMARTS) is 1. The van der Waals surface area contributed by atoms with Gasteiger partial charge in [-0.25, -0.2) is 0 Å². The number of alkyl halides is 1. The summed E-state index contributed by atoms with van der Waals surface area (Å²) in [5.41, 5.74) is 0. The van der Waals surface area contributed by atoms with Crippen molar-refractivity contribution in [2.24, 2.45) is 0 Å². The fourth-order valence-electron chi connectivity index (χ4n) is 1.01. The third-order valence-corrected chi connectivity index (χ3v) is 1.92. The SMILES string of the molecule is O=C(O)CCCCC/C=C/CCCl. The van der Waals surface area contributed by atoms with Gasteiger partial charge in [-0.05, 0) is 25.7 Å². The molecule has 0 spiro atoms. The number of unbranched alkanes of at least 4 members (excludes halogenated alkanes) is 3. The monoisotopic (exact) mass is 204 g/mol. The molecule has 0 fully saturated rings. The molecule has 0 bridgehead atoms. The zero-order valence-corrected chi connectivity index (χ0v) is 8.59. The standard InChI is InChI=1S/C10H17ClO2/c11-9-7-5-3-1-2-4-6-8-10(12)13/h3,5H,1-2,4,6-9H2,(H,12,13)/b5-3+. The van der Waals surface area contributed by atoms with Crippen LogP contribution in [0.1, 0.15) is 38.5 Å². The molecule has 0 aliphatic carbocycles. The second kappa shape index (κ2) is 9.59. The lowest BCUT2D eigenvalue weighted by Gasteiger charge is -1.94. The van der Waals surface area contributed by atoms with Crippen LogP contribution in [0.15, 0.2) is 12.2 Å². The van der Waals surface area contributed by atoms with Crippen molar-refractivity contribution in [3.05, 3.63) is 12.2 Å². The number of carbonyl (C=O) groups is 1. The minimum atomic E-state index is -0.697. The fourth-order valence-corrected chi connectivity index (χ4v) is 1.14. The van der Waals surface area contributed by atoms with Crippen LogP contribution >= 0.6 is 11.6 Å². The molecule has 0 saturated carbocycles. The van der Waals surface area contributed by atoms with E-state index in [1.807, 2.05) is 0 Å². The average molecular weight is 205 g/mol. The van der Waals surface area contributed by atoms with E-state index in [0.29, 0.717) is 12.3 Å². The molecule has 0 saturated heterocycles. The van der Waals surface area contributed by atoms with E-state index in [9.17, 15) is 4.79 Å². The Balaban J connectivity index is 3.03. The van der Waals surface area contributed by atoms with Crippen LogP contribution < -0.4 is 0 Å². The van der Waals surface area contributed by atoms with Crippen LogP contribution in [0.25, 0.3) is 0 Å². The van der Waals surface area contributed by atoms with Gasteiger partial charge in [-0.15, -0.1) is 11.6 Å². The zero-order valence-electron chi connectivity index (χ0n) is 7.84. The number of carboxylic acids is 1. The summed E-state index contributed by atoms with van der Waals surface area (Å²) < 4.78 is 0. The maximum Gasteiger partial charge on any atom is 0.303 e. The molecule has 76 valence electrons. The molecular formula is C10H17ClO2. The molecule has 1 N–H and O–H groups in total. The van der Waals surface area contributed by atoms with Crippen molar-refractivity contribution in [1.29, 1.82) is 0 Å². The summed E-state index contributed by atoms with van der Waals surface area (Å²) in [5, 5.41) is 8.36. The Morgan fingerprint density at radius 1 is 1.15 bits per heavy atom. The van der Waals surface area contributed by atoms with Gasteiger partial charge in [0.2, 0.25) is 0 Å². The van der Waals surface area contributed by atoms with Gasteiger partial charge >= 0.3 is 5.97 Å². The highest BCUT2D eigenvalue weighted by atomic mass is 35.5. The molecule has 0 atom stereocenters. The van der Waals surface area contributed by atoms with Crippen LogP contribution in [0.4, 0.5) is 0 Å². The number of hydrogen-bond acceptors (Lipinski definition) is 1. The van der Waals surface area contributed by atoms with E-state index >= 15 is 0 Å². The van der Waals surface area contributed by atoms with Crippen molar-refractivity contribution in [1.82, 2.24) is 0 Å². The Hall–Kier alpha value is -0.500. The van der Waals surface area contributed by atoms with Gasteiger partial charge < -0.3 is 5.11 Å². The summed E-state index contributed by atoms with van der Waals surface area (Å²) in [5.74, 6) is -0.0205. The minimum absolute atomic E-state index is 0.297. The molecule has 3 heteroatoms. The Morgan fingerprint density at radius 2 is 1.85 bits per heavy atom. The van der Waals surface area contributed by atoms with Crippen LogP contribution in [0, 0.1) is 0 Å². The van der Waals surface area contributed by atoms with Crippen molar-refractivity contribution < 1.29 is 9.90 Å². The Labute approximate surface area is 84.6 Å². The highest BCUT2D eigenvalue weighted by Gasteiger charge is 1.94. The maximum atomic E-state index is 10.1. The predicted octanol–water partition coefficient (Wildman–Crippen LogP) is 3.21. The largest absolute Gasteiger partial charge is 0.481 e. The van der Waals surface area contributed by atoms with E-state index in [0.717, 1.165) is 32.1 Å². The van der Waals surface area contributed by atoms with Gasteiger partial charge in [0, 0.05) is 12.3 Å². The van der Waals surface area contributed by atoms with Crippen LogP contribution in [-0.2, 0) is 4.79 Å². The van der Waals surface area contributed by atoms with Gasteiger partial charge in [-0.3, -0.25) is 4.79 Å². The lowest BCUT2D eigenvalue weighted by atomic mass is 10.1. The molecular weight excluding hydrogens is 188 g/mol. The lowest BCUT2D eigenvalue weighted by molar-refractivity contribution is -0.137. The minimum Gasteiger partial charge on any atom is -0.481 e. The first kappa shape index (κ1) is 12.5. The maximum absolute atomic E-state index is 10.1. The van der Waals surface area contributed by atoms with Crippen molar-refractivity contribution in [2.45, 2.75) is 38.5 Å². The normalized spacial score (nSPS) is 10.8. The molecule has 0 aliphatic heterocycles. The third-order valence-electron chi connectivity index (χ3n) is 1.70. The molecule has 0 heterocycles. The molecule has 13 heavy (non-hydrogen) atoms. The Bertz CT molecular complexity index is 155. The number of halogens is 1. The van der Waals surface area contributed by atoms with E-state index in [1.165, 1.54) is 0 Å². The van der Waals surface area contributed by atoms with Crippen molar-refractivity contribution in [3.8, 4) is 0 Å². The summed E-state index contributed by atoms with van der Waals surface area (Å²) in [6, 6.07) is 0. The summed E-state index contributed by atoms with van der Waals surface area (Å²) in [7, 11) is 0. The molecule has 0 aliphatic rings. The molecule has 0 aromatic heterocycles. The van der Waals surface area contributed by atoms with Crippen molar-refractivity contribution in [2.75, 3.05) is 5.88 Å². The number of rotatable bonds is 8. The van der Waals surface area contributed by atoms with Crippen LogP contribution in [0.3, 0.4) is 0 Å². The van der Waals surface area contributed by atoms with Crippen LogP contribution in [0.5, 0.6) is 0 Å². The second-order valence-corrected chi connectivity index (χ2v) is 3.32. The number of aliphatic carboxylic acids is 1. The van der Waals surface area contributed by atoms with Crippen LogP contribution in [0.2, 0.25) is 0 Å². The van der Waals surface area contributed by atoms with Gasteiger partial charge in [0.1, 0.15) is 0 Å². The van der Waals surface area contributed by atoms with E-state index in [2.05, 4.69) is 12.2 Å². The first-order chi connectivity index (χ1) is 6.27. The molecule has 0 aromatic carbocycles. The molecule has 0 radical (unpaired) electrons. The molecule has 0 unspecified atom stereocenters. The Morgan fingerprint density at radius 3 is 2.46 bits per heavy atom. The molecule has 0 aromatic rings. The third kappa shape index (κ3) is 11.5. The predicted molar refractivity (Wildman–Crippen MR) is 55.2 cm³/mol. The van der Waals surface area contributed by atoms with Gasteiger partial charge in [0.05, 0.1) is 0 Å². The van der Waals surface area contributed by atoms with Gasteiger partial charge in [-0.2, -0.15) is 0 Å². The Kier molecular flexibility index (Phi) is 9.22.